The average Bonchev–Trinajstić information content (AvgIpc) is 2.27. The van der Waals surface area contributed by atoms with Crippen molar-refractivity contribution in [2.24, 2.45) is 0 Å². The molecule has 0 aliphatic carbocycles. The molecule has 11 heavy (non-hydrogen) atoms. The third-order valence-electron chi connectivity index (χ3n) is 2.00. The molecule has 0 unspecified atom stereocenters. The molecule has 3 heteroatoms. The van der Waals surface area contributed by atoms with Crippen molar-refractivity contribution in [2.75, 3.05) is 0 Å². The molecule has 0 radical (unpaired) electrons. The van der Waals surface area contributed by atoms with Gasteiger partial charge < -0.3 is 9.73 Å². The SMILES string of the molecule is Cc1nc2c(o1)CN[C@H](C)C2. The average molecular weight is 152 g/mol. The lowest BCUT2D eigenvalue weighted by atomic mass is 10.1. The van der Waals surface area contributed by atoms with Gasteiger partial charge in [-0.05, 0) is 6.92 Å². The smallest absolute Gasteiger partial charge is 0.191 e. The molecule has 0 saturated carbocycles. The fraction of sp³-hybridized carbons (Fsp3) is 0.625. The van der Waals surface area contributed by atoms with Gasteiger partial charge in [-0.2, -0.15) is 0 Å². The quantitative estimate of drug-likeness (QED) is 0.603. The molecule has 0 spiro atoms. The number of aryl methyl sites for hydroxylation is 1. The number of aromatic nitrogens is 1. The number of nitrogens with zero attached hydrogens (tertiary/aromatic N) is 1. The van der Waals surface area contributed by atoms with Gasteiger partial charge in [0, 0.05) is 19.4 Å². The lowest BCUT2D eigenvalue weighted by Crippen LogP contribution is -2.32. The van der Waals surface area contributed by atoms with Crippen molar-refractivity contribution in [3.63, 3.8) is 0 Å². The first-order chi connectivity index (χ1) is 5.25. The van der Waals surface area contributed by atoms with Crippen LogP contribution >= 0.6 is 0 Å². The molecule has 3 nitrogen and oxygen atoms in total. The van der Waals surface area contributed by atoms with Crippen molar-refractivity contribution < 1.29 is 4.42 Å². The summed E-state index contributed by atoms with van der Waals surface area (Å²) in [5.41, 5.74) is 1.13. The maximum absolute atomic E-state index is 5.38. The second-order valence-electron chi connectivity index (χ2n) is 3.09. The Bertz CT molecular complexity index is 267. The van der Waals surface area contributed by atoms with E-state index in [9.17, 15) is 0 Å². The molecule has 1 N–H and O–H groups in total. The summed E-state index contributed by atoms with van der Waals surface area (Å²) in [6.45, 7) is 4.88. The lowest BCUT2D eigenvalue weighted by molar-refractivity contribution is 0.412. The molecule has 0 saturated heterocycles. The van der Waals surface area contributed by atoms with Gasteiger partial charge in [0.2, 0.25) is 0 Å². The van der Waals surface area contributed by atoms with Crippen LogP contribution in [0.2, 0.25) is 0 Å². The number of hydrogen-bond donors (Lipinski definition) is 1. The number of rotatable bonds is 0. The normalized spacial score (nSPS) is 23.3. The molecule has 1 atom stereocenters. The van der Waals surface area contributed by atoms with Crippen molar-refractivity contribution in [1.29, 1.82) is 0 Å². The summed E-state index contributed by atoms with van der Waals surface area (Å²) in [6, 6.07) is 0.534. The molecule has 2 heterocycles. The zero-order valence-electron chi connectivity index (χ0n) is 6.85. The lowest BCUT2D eigenvalue weighted by Gasteiger charge is -2.16. The maximum Gasteiger partial charge on any atom is 0.191 e. The Hall–Kier alpha value is -0.830. The number of hydrogen-bond acceptors (Lipinski definition) is 3. The molecule has 1 aliphatic rings. The Morgan fingerprint density at radius 1 is 1.64 bits per heavy atom. The Morgan fingerprint density at radius 3 is 3.27 bits per heavy atom. The van der Waals surface area contributed by atoms with Crippen molar-refractivity contribution in [3.8, 4) is 0 Å². The predicted molar refractivity (Wildman–Crippen MR) is 41.2 cm³/mol. The number of fused-ring (bicyclic) bond motifs is 1. The Balaban J connectivity index is 2.34. The van der Waals surface area contributed by atoms with Crippen LogP contribution in [0.5, 0.6) is 0 Å². The van der Waals surface area contributed by atoms with Crippen LogP contribution in [-0.2, 0) is 13.0 Å². The Morgan fingerprint density at radius 2 is 2.45 bits per heavy atom. The molecule has 0 amide bonds. The van der Waals surface area contributed by atoms with Gasteiger partial charge in [0.05, 0.1) is 12.2 Å². The standard InChI is InChI=1S/C8H12N2O/c1-5-3-7-8(4-9-5)11-6(2)10-7/h5,9H,3-4H2,1-2H3/t5-/m1/s1. The van der Waals surface area contributed by atoms with Crippen LogP contribution in [0, 0.1) is 6.92 Å². The zero-order chi connectivity index (χ0) is 7.84. The highest BCUT2D eigenvalue weighted by atomic mass is 16.4. The number of nitrogens with one attached hydrogen (secondary N) is 1. The van der Waals surface area contributed by atoms with Gasteiger partial charge in [0.25, 0.3) is 0 Å². The van der Waals surface area contributed by atoms with Crippen LogP contribution in [0.1, 0.15) is 24.3 Å². The molecular weight excluding hydrogens is 140 g/mol. The van der Waals surface area contributed by atoms with E-state index >= 15 is 0 Å². The van der Waals surface area contributed by atoms with E-state index < -0.39 is 0 Å². The molecule has 0 fully saturated rings. The molecule has 0 bridgehead atoms. The third kappa shape index (κ3) is 1.16. The van der Waals surface area contributed by atoms with E-state index in [0.29, 0.717) is 6.04 Å². The van der Waals surface area contributed by atoms with Gasteiger partial charge in [-0.15, -0.1) is 0 Å². The first-order valence-electron chi connectivity index (χ1n) is 3.94. The van der Waals surface area contributed by atoms with E-state index in [1.165, 1.54) is 0 Å². The van der Waals surface area contributed by atoms with E-state index in [0.717, 1.165) is 30.3 Å². The fourth-order valence-corrected chi connectivity index (χ4v) is 1.44. The van der Waals surface area contributed by atoms with Crippen molar-refractivity contribution in [1.82, 2.24) is 10.3 Å². The monoisotopic (exact) mass is 152 g/mol. The maximum atomic E-state index is 5.38. The first kappa shape index (κ1) is 6.85. The Labute approximate surface area is 65.8 Å². The summed E-state index contributed by atoms with van der Waals surface area (Å²) in [5.74, 6) is 1.80. The van der Waals surface area contributed by atoms with Gasteiger partial charge in [-0.3, -0.25) is 0 Å². The van der Waals surface area contributed by atoms with Crippen LogP contribution in [0.25, 0.3) is 0 Å². The van der Waals surface area contributed by atoms with Crippen LogP contribution in [-0.4, -0.2) is 11.0 Å². The molecule has 0 aromatic carbocycles. The molecule has 1 aromatic rings. The van der Waals surface area contributed by atoms with Crippen molar-refractivity contribution in [2.45, 2.75) is 32.9 Å². The van der Waals surface area contributed by atoms with Crippen molar-refractivity contribution in [3.05, 3.63) is 17.3 Å². The van der Waals surface area contributed by atoms with Crippen LogP contribution in [0.4, 0.5) is 0 Å². The highest BCUT2D eigenvalue weighted by Crippen LogP contribution is 2.16. The van der Waals surface area contributed by atoms with E-state index in [4.69, 9.17) is 4.42 Å². The summed E-state index contributed by atoms with van der Waals surface area (Å²) < 4.78 is 5.38. The minimum atomic E-state index is 0.534. The molecule has 60 valence electrons. The summed E-state index contributed by atoms with van der Waals surface area (Å²) in [6.07, 6.45) is 0.993. The Kier molecular flexibility index (Phi) is 1.46. The largest absolute Gasteiger partial charge is 0.444 e. The highest BCUT2D eigenvalue weighted by Gasteiger charge is 2.18. The van der Waals surface area contributed by atoms with E-state index in [-0.39, 0.29) is 0 Å². The van der Waals surface area contributed by atoms with Crippen molar-refractivity contribution >= 4 is 0 Å². The van der Waals surface area contributed by atoms with Gasteiger partial charge in [-0.25, -0.2) is 4.98 Å². The van der Waals surface area contributed by atoms with E-state index in [1.807, 2.05) is 6.92 Å². The summed E-state index contributed by atoms with van der Waals surface area (Å²) >= 11 is 0. The molecule has 1 aromatic heterocycles. The summed E-state index contributed by atoms with van der Waals surface area (Å²) in [5, 5.41) is 3.32. The fourth-order valence-electron chi connectivity index (χ4n) is 1.44. The summed E-state index contributed by atoms with van der Waals surface area (Å²) in [4.78, 5) is 4.29. The molecule has 1 aliphatic heterocycles. The minimum absolute atomic E-state index is 0.534. The highest BCUT2D eigenvalue weighted by molar-refractivity contribution is 5.14. The minimum Gasteiger partial charge on any atom is -0.444 e. The van der Waals surface area contributed by atoms with Crippen LogP contribution in [0.15, 0.2) is 4.42 Å². The summed E-state index contributed by atoms with van der Waals surface area (Å²) in [7, 11) is 0. The number of oxazole rings is 1. The first-order valence-corrected chi connectivity index (χ1v) is 3.94. The zero-order valence-corrected chi connectivity index (χ0v) is 6.85. The van der Waals surface area contributed by atoms with Gasteiger partial charge in [0.1, 0.15) is 5.76 Å². The molecular formula is C8H12N2O. The van der Waals surface area contributed by atoms with Crippen LogP contribution < -0.4 is 5.32 Å². The third-order valence-corrected chi connectivity index (χ3v) is 2.00. The van der Waals surface area contributed by atoms with Crippen LogP contribution in [0.3, 0.4) is 0 Å². The van der Waals surface area contributed by atoms with E-state index in [2.05, 4.69) is 17.2 Å². The van der Waals surface area contributed by atoms with E-state index in [1.54, 1.807) is 0 Å². The second-order valence-corrected chi connectivity index (χ2v) is 3.09. The topological polar surface area (TPSA) is 38.1 Å². The second kappa shape index (κ2) is 2.34. The predicted octanol–water partition coefficient (Wildman–Crippen LogP) is 1.02. The molecule has 2 rings (SSSR count). The van der Waals surface area contributed by atoms with Gasteiger partial charge in [-0.1, -0.05) is 0 Å². The van der Waals surface area contributed by atoms with Gasteiger partial charge >= 0.3 is 0 Å². The van der Waals surface area contributed by atoms with Gasteiger partial charge in [0.15, 0.2) is 5.89 Å².